The summed E-state index contributed by atoms with van der Waals surface area (Å²) in [6.07, 6.45) is -0.699. The van der Waals surface area contributed by atoms with Gasteiger partial charge in [-0.2, -0.15) is 0 Å². The molecule has 7 heteroatoms. The second-order valence-electron chi connectivity index (χ2n) is 7.16. The molecule has 0 unspecified atom stereocenters. The first-order valence-corrected chi connectivity index (χ1v) is 7.17. The highest BCUT2D eigenvalue weighted by molar-refractivity contribution is 5.83. The Balaban J connectivity index is 2.17. The lowest BCUT2D eigenvalue weighted by molar-refractivity contribution is -0.172. The van der Waals surface area contributed by atoms with Crippen LogP contribution in [0.2, 0.25) is 0 Å². The van der Waals surface area contributed by atoms with E-state index in [2.05, 4.69) is 0 Å². The van der Waals surface area contributed by atoms with Crippen LogP contribution in [-0.2, 0) is 9.53 Å². The SMILES string of the molecule is CC1(C)CN(C(=O)N2C[C@H](O)C[C@H]2C(=O)O)CC(C)(C)O1. The van der Waals surface area contributed by atoms with E-state index in [-0.39, 0.29) is 19.0 Å². The van der Waals surface area contributed by atoms with Crippen LogP contribution in [0.3, 0.4) is 0 Å². The van der Waals surface area contributed by atoms with Crippen LogP contribution in [0, 0.1) is 0 Å². The quantitative estimate of drug-likeness (QED) is 0.736. The van der Waals surface area contributed by atoms with Crippen LogP contribution < -0.4 is 0 Å². The number of amides is 2. The Labute approximate surface area is 124 Å². The van der Waals surface area contributed by atoms with E-state index in [1.54, 1.807) is 4.90 Å². The Morgan fingerprint density at radius 3 is 2.14 bits per heavy atom. The van der Waals surface area contributed by atoms with Gasteiger partial charge in [-0.1, -0.05) is 0 Å². The smallest absolute Gasteiger partial charge is 0.326 e. The lowest BCUT2D eigenvalue weighted by atomic mass is 9.99. The summed E-state index contributed by atoms with van der Waals surface area (Å²) < 4.78 is 5.92. The third-order valence-electron chi connectivity index (χ3n) is 3.78. The van der Waals surface area contributed by atoms with E-state index < -0.39 is 29.3 Å². The van der Waals surface area contributed by atoms with Crippen molar-refractivity contribution >= 4 is 12.0 Å². The Morgan fingerprint density at radius 1 is 1.14 bits per heavy atom. The molecule has 2 N–H and O–H groups in total. The minimum Gasteiger partial charge on any atom is -0.480 e. The number of morpholine rings is 1. The number of carboxylic acid groups (broad SMARTS) is 1. The molecule has 120 valence electrons. The van der Waals surface area contributed by atoms with Gasteiger partial charge in [0.15, 0.2) is 0 Å². The summed E-state index contributed by atoms with van der Waals surface area (Å²) in [6.45, 7) is 8.48. The number of carbonyl (C=O) groups is 2. The van der Waals surface area contributed by atoms with Crippen molar-refractivity contribution in [1.82, 2.24) is 9.80 Å². The topological polar surface area (TPSA) is 90.3 Å². The van der Waals surface area contributed by atoms with Gasteiger partial charge in [-0.3, -0.25) is 0 Å². The van der Waals surface area contributed by atoms with Crippen molar-refractivity contribution in [3.8, 4) is 0 Å². The van der Waals surface area contributed by atoms with Crippen molar-refractivity contribution in [2.45, 2.75) is 57.5 Å². The van der Waals surface area contributed by atoms with Gasteiger partial charge >= 0.3 is 12.0 Å². The average molecular weight is 300 g/mol. The lowest BCUT2D eigenvalue weighted by Gasteiger charge is -2.48. The minimum atomic E-state index is -1.08. The van der Waals surface area contributed by atoms with Crippen molar-refractivity contribution in [2.24, 2.45) is 0 Å². The van der Waals surface area contributed by atoms with Gasteiger partial charge in [0.05, 0.1) is 30.4 Å². The highest BCUT2D eigenvalue weighted by atomic mass is 16.5. The molecule has 0 saturated carbocycles. The summed E-state index contributed by atoms with van der Waals surface area (Å²) >= 11 is 0. The predicted molar refractivity (Wildman–Crippen MR) is 75.0 cm³/mol. The van der Waals surface area contributed by atoms with Gasteiger partial charge in [-0.05, 0) is 27.7 Å². The van der Waals surface area contributed by atoms with Gasteiger partial charge in [0.1, 0.15) is 6.04 Å². The standard InChI is InChI=1S/C14H24N2O5/c1-13(2)7-15(8-14(3,4)21-13)12(20)16-6-9(17)5-10(16)11(18)19/h9-10,17H,5-8H2,1-4H3,(H,18,19)/t9-,10+/m1/s1. The van der Waals surface area contributed by atoms with Gasteiger partial charge in [0, 0.05) is 13.0 Å². The number of hydrogen-bond acceptors (Lipinski definition) is 4. The molecule has 0 aromatic rings. The molecular formula is C14H24N2O5. The van der Waals surface area contributed by atoms with Crippen molar-refractivity contribution < 1.29 is 24.5 Å². The minimum absolute atomic E-state index is 0.0635. The number of β-amino-alcohol motifs (C(OH)–C–C–N with tert-alkyl or cyclic N) is 1. The zero-order valence-corrected chi connectivity index (χ0v) is 13.0. The molecule has 2 aliphatic heterocycles. The molecule has 0 radical (unpaired) electrons. The Kier molecular flexibility index (Phi) is 3.92. The van der Waals surface area contributed by atoms with Gasteiger partial charge in [0.25, 0.3) is 0 Å². The predicted octanol–water partition coefficient (Wildman–Crippen LogP) is 0.516. The van der Waals surface area contributed by atoms with Gasteiger partial charge in [-0.15, -0.1) is 0 Å². The van der Waals surface area contributed by atoms with Crippen LogP contribution >= 0.6 is 0 Å². The molecule has 7 nitrogen and oxygen atoms in total. The Bertz CT molecular complexity index is 433. The van der Waals surface area contributed by atoms with Crippen molar-refractivity contribution in [2.75, 3.05) is 19.6 Å². The summed E-state index contributed by atoms with van der Waals surface area (Å²) in [5.41, 5.74) is -0.983. The van der Waals surface area contributed by atoms with Crippen LogP contribution in [0.1, 0.15) is 34.1 Å². The summed E-state index contributed by atoms with van der Waals surface area (Å²) in [5.74, 6) is -1.08. The largest absolute Gasteiger partial charge is 0.480 e. The first kappa shape index (κ1) is 16.0. The van der Waals surface area contributed by atoms with Crippen molar-refractivity contribution in [1.29, 1.82) is 0 Å². The number of rotatable bonds is 1. The van der Waals surface area contributed by atoms with Gasteiger partial charge < -0.3 is 24.7 Å². The second kappa shape index (κ2) is 5.14. The molecule has 21 heavy (non-hydrogen) atoms. The average Bonchev–Trinajstić information content (AvgIpc) is 2.66. The van der Waals surface area contributed by atoms with Gasteiger partial charge in [0.2, 0.25) is 0 Å². The zero-order valence-electron chi connectivity index (χ0n) is 13.0. The number of aliphatic hydroxyl groups is 1. The number of carbonyl (C=O) groups excluding carboxylic acids is 1. The number of nitrogens with zero attached hydrogens (tertiary/aromatic N) is 2. The van der Waals surface area contributed by atoms with E-state index >= 15 is 0 Å². The number of urea groups is 1. The maximum atomic E-state index is 12.7. The third kappa shape index (κ3) is 3.47. The number of aliphatic carboxylic acids is 1. The highest BCUT2D eigenvalue weighted by Gasteiger charge is 2.45. The zero-order chi connectivity index (χ0) is 16.0. The van der Waals surface area contributed by atoms with E-state index in [0.717, 1.165) is 0 Å². The summed E-state index contributed by atoms with van der Waals surface area (Å²) in [5, 5.41) is 18.9. The van der Waals surface area contributed by atoms with E-state index in [4.69, 9.17) is 4.74 Å². The molecule has 2 atom stereocenters. The molecule has 2 aliphatic rings. The Hall–Kier alpha value is -1.34. The van der Waals surface area contributed by atoms with E-state index in [1.807, 2.05) is 27.7 Å². The molecule has 2 rings (SSSR count). The number of ether oxygens (including phenoxy) is 1. The molecule has 2 saturated heterocycles. The number of likely N-dealkylation sites (tertiary alicyclic amines) is 1. The summed E-state index contributed by atoms with van der Waals surface area (Å²) in [4.78, 5) is 26.8. The van der Waals surface area contributed by atoms with E-state index in [9.17, 15) is 19.8 Å². The fourth-order valence-corrected chi connectivity index (χ4v) is 3.36. The molecule has 0 aromatic heterocycles. The maximum absolute atomic E-state index is 12.7. The van der Waals surface area contributed by atoms with Crippen LogP contribution in [-0.4, -0.2) is 75.0 Å². The lowest BCUT2D eigenvalue weighted by Crippen LogP contribution is -2.61. The highest BCUT2D eigenvalue weighted by Crippen LogP contribution is 2.30. The van der Waals surface area contributed by atoms with E-state index in [0.29, 0.717) is 13.1 Å². The molecule has 2 amide bonds. The fraction of sp³-hybridized carbons (Fsp3) is 0.857. The fourth-order valence-electron chi connectivity index (χ4n) is 3.36. The van der Waals surface area contributed by atoms with Crippen LogP contribution in [0.25, 0.3) is 0 Å². The molecular weight excluding hydrogens is 276 g/mol. The van der Waals surface area contributed by atoms with Crippen molar-refractivity contribution in [3.63, 3.8) is 0 Å². The maximum Gasteiger partial charge on any atom is 0.326 e. The van der Waals surface area contributed by atoms with Crippen LogP contribution in [0.15, 0.2) is 0 Å². The van der Waals surface area contributed by atoms with Crippen molar-refractivity contribution in [3.05, 3.63) is 0 Å². The number of carboxylic acids is 1. The number of hydrogen-bond donors (Lipinski definition) is 2. The van der Waals surface area contributed by atoms with E-state index in [1.165, 1.54) is 4.90 Å². The monoisotopic (exact) mass is 300 g/mol. The third-order valence-corrected chi connectivity index (χ3v) is 3.78. The number of aliphatic hydroxyl groups excluding tert-OH is 1. The summed E-state index contributed by atoms with van der Waals surface area (Å²) in [7, 11) is 0. The molecule has 0 aliphatic carbocycles. The van der Waals surface area contributed by atoms with Crippen LogP contribution in [0.5, 0.6) is 0 Å². The van der Waals surface area contributed by atoms with Crippen LogP contribution in [0.4, 0.5) is 4.79 Å². The molecule has 2 fully saturated rings. The molecule has 0 bridgehead atoms. The molecule has 2 heterocycles. The Morgan fingerprint density at radius 2 is 1.67 bits per heavy atom. The first-order valence-electron chi connectivity index (χ1n) is 7.17. The molecule has 0 aromatic carbocycles. The molecule has 0 spiro atoms. The van der Waals surface area contributed by atoms with Gasteiger partial charge in [-0.25, -0.2) is 9.59 Å². The first-order chi connectivity index (χ1) is 9.51. The normalized spacial score (nSPS) is 31.3. The second-order valence-corrected chi connectivity index (χ2v) is 7.16. The summed E-state index contributed by atoms with van der Waals surface area (Å²) in [6, 6.07) is -1.30.